The van der Waals surface area contributed by atoms with Crippen molar-refractivity contribution in [1.82, 2.24) is 0 Å². The summed E-state index contributed by atoms with van der Waals surface area (Å²) in [6.45, 7) is 0. The summed E-state index contributed by atoms with van der Waals surface area (Å²) < 4.78 is 12.7. The van der Waals surface area contributed by atoms with Crippen LogP contribution in [0, 0.1) is 5.82 Å². The Labute approximate surface area is 104 Å². The second-order valence-corrected chi connectivity index (χ2v) is 3.77. The topological polar surface area (TPSA) is 38.2 Å². The molecule has 3 N–H and O–H groups in total. The van der Waals surface area contributed by atoms with Crippen LogP contribution in [0.3, 0.4) is 0 Å². The van der Waals surface area contributed by atoms with Crippen molar-refractivity contribution in [1.29, 1.82) is 0 Å². The molecule has 86 valence electrons. The van der Waals surface area contributed by atoms with E-state index in [-0.39, 0.29) is 5.82 Å². The van der Waals surface area contributed by atoms with Crippen LogP contribution in [0.4, 0.5) is 15.9 Å². The SMILES string of the molecule is Fc1ccc(NC(=S)Nc2cccc[nH+]2)cc1. The number of hydrogen-bond acceptors (Lipinski definition) is 1. The normalized spacial score (nSPS) is 9.71. The van der Waals surface area contributed by atoms with Crippen LogP contribution in [-0.4, -0.2) is 5.11 Å². The quantitative estimate of drug-likeness (QED) is 0.802. The minimum absolute atomic E-state index is 0.272. The number of rotatable bonds is 2. The van der Waals surface area contributed by atoms with Gasteiger partial charge in [0, 0.05) is 11.8 Å². The predicted octanol–water partition coefficient (Wildman–Crippen LogP) is 2.45. The first-order valence-corrected chi connectivity index (χ1v) is 5.45. The van der Waals surface area contributed by atoms with E-state index in [9.17, 15) is 4.39 Å². The molecule has 0 unspecified atom stereocenters. The number of thiocarbonyl (C=S) groups is 1. The molecule has 3 nitrogen and oxygen atoms in total. The Hall–Kier alpha value is -2.01. The second kappa shape index (κ2) is 5.36. The molecule has 0 atom stereocenters. The average molecular weight is 248 g/mol. The fraction of sp³-hybridized carbons (Fsp3) is 0. The molecule has 0 radical (unpaired) electrons. The first kappa shape index (κ1) is 11.5. The van der Waals surface area contributed by atoms with Gasteiger partial charge in [0.25, 0.3) is 10.9 Å². The highest BCUT2D eigenvalue weighted by Crippen LogP contribution is 2.08. The molecule has 0 amide bonds. The van der Waals surface area contributed by atoms with Crippen LogP contribution in [0.2, 0.25) is 0 Å². The van der Waals surface area contributed by atoms with Gasteiger partial charge in [0.05, 0.1) is 6.20 Å². The molecule has 0 saturated carbocycles. The average Bonchev–Trinajstić information content (AvgIpc) is 2.33. The Morgan fingerprint density at radius 1 is 1.06 bits per heavy atom. The van der Waals surface area contributed by atoms with Crippen LogP contribution in [0.15, 0.2) is 48.7 Å². The highest BCUT2D eigenvalue weighted by Gasteiger charge is 2.05. The van der Waals surface area contributed by atoms with Gasteiger partial charge in [-0.25, -0.2) is 14.7 Å². The van der Waals surface area contributed by atoms with E-state index >= 15 is 0 Å². The van der Waals surface area contributed by atoms with Crippen molar-refractivity contribution in [2.75, 3.05) is 10.6 Å². The third kappa shape index (κ3) is 3.49. The first-order valence-electron chi connectivity index (χ1n) is 5.04. The monoisotopic (exact) mass is 248 g/mol. The van der Waals surface area contributed by atoms with Crippen molar-refractivity contribution >= 4 is 28.8 Å². The van der Waals surface area contributed by atoms with E-state index in [1.165, 1.54) is 12.1 Å². The number of H-pyrrole nitrogens is 1. The standard InChI is InChI=1S/C12H10FN3S/c13-9-4-6-10(7-5-9)15-12(17)16-11-3-1-2-8-14-11/h1-8H,(H2,14,15,16,17)/p+1. The van der Waals surface area contributed by atoms with E-state index in [0.717, 1.165) is 11.5 Å². The molecule has 0 fully saturated rings. The van der Waals surface area contributed by atoms with E-state index in [1.54, 1.807) is 18.3 Å². The van der Waals surface area contributed by atoms with Gasteiger partial charge in [-0.05, 0) is 42.5 Å². The Balaban J connectivity index is 1.96. The molecule has 0 aliphatic rings. The number of aromatic amines is 1. The molecule has 1 aromatic carbocycles. The third-order valence-electron chi connectivity index (χ3n) is 2.06. The van der Waals surface area contributed by atoms with Crippen molar-refractivity contribution in [3.8, 4) is 0 Å². The number of aromatic nitrogens is 1. The van der Waals surface area contributed by atoms with Crippen molar-refractivity contribution < 1.29 is 9.37 Å². The molecule has 17 heavy (non-hydrogen) atoms. The van der Waals surface area contributed by atoms with Crippen molar-refractivity contribution in [2.24, 2.45) is 0 Å². The summed E-state index contributed by atoms with van der Waals surface area (Å²) in [6, 6.07) is 11.6. The molecule has 1 heterocycles. The number of anilines is 2. The summed E-state index contributed by atoms with van der Waals surface area (Å²) in [7, 11) is 0. The number of halogens is 1. The Morgan fingerprint density at radius 3 is 2.47 bits per heavy atom. The zero-order valence-electron chi connectivity index (χ0n) is 8.91. The maximum Gasteiger partial charge on any atom is 0.279 e. The summed E-state index contributed by atoms with van der Waals surface area (Å²) in [4.78, 5) is 3.00. The van der Waals surface area contributed by atoms with Gasteiger partial charge in [0.1, 0.15) is 5.82 Å². The molecule has 2 aromatic rings. The third-order valence-corrected chi connectivity index (χ3v) is 2.26. The molecule has 0 aliphatic heterocycles. The van der Waals surface area contributed by atoms with Crippen molar-refractivity contribution in [3.05, 3.63) is 54.5 Å². The fourth-order valence-electron chi connectivity index (χ4n) is 1.29. The maximum absolute atomic E-state index is 12.7. The molecular formula is C12H11FN3S+. The minimum atomic E-state index is -0.272. The number of nitrogens with one attached hydrogen (secondary N) is 3. The van der Waals surface area contributed by atoms with Crippen molar-refractivity contribution in [2.45, 2.75) is 0 Å². The summed E-state index contributed by atoms with van der Waals surface area (Å²) in [5.41, 5.74) is 0.736. The smallest absolute Gasteiger partial charge is 0.279 e. The fourth-order valence-corrected chi connectivity index (χ4v) is 1.52. The highest BCUT2D eigenvalue weighted by molar-refractivity contribution is 7.80. The van der Waals surface area contributed by atoms with Gasteiger partial charge >= 0.3 is 0 Å². The molecule has 0 saturated heterocycles. The maximum atomic E-state index is 12.7. The van der Waals surface area contributed by atoms with Gasteiger partial charge < -0.3 is 5.32 Å². The summed E-state index contributed by atoms with van der Waals surface area (Å²) in [5, 5.41) is 6.37. The molecule has 0 spiro atoms. The lowest BCUT2D eigenvalue weighted by Crippen LogP contribution is -2.23. The molecule has 5 heteroatoms. The van der Waals surface area contributed by atoms with E-state index in [4.69, 9.17) is 12.2 Å². The van der Waals surface area contributed by atoms with Gasteiger partial charge in [-0.15, -0.1) is 0 Å². The Morgan fingerprint density at radius 2 is 1.82 bits per heavy atom. The first-order chi connectivity index (χ1) is 8.24. The van der Waals surface area contributed by atoms with Crippen LogP contribution >= 0.6 is 12.2 Å². The van der Waals surface area contributed by atoms with Crippen LogP contribution in [0.5, 0.6) is 0 Å². The van der Waals surface area contributed by atoms with E-state index in [2.05, 4.69) is 15.6 Å². The van der Waals surface area contributed by atoms with E-state index in [0.29, 0.717) is 5.11 Å². The van der Waals surface area contributed by atoms with Gasteiger partial charge in [0.2, 0.25) is 0 Å². The highest BCUT2D eigenvalue weighted by atomic mass is 32.1. The lowest BCUT2D eigenvalue weighted by Gasteiger charge is -2.04. The number of benzene rings is 1. The van der Waals surface area contributed by atoms with Gasteiger partial charge in [-0.2, -0.15) is 0 Å². The number of pyridine rings is 1. The predicted molar refractivity (Wildman–Crippen MR) is 69.2 cm³/mol. The molecule has 0 aliphatic carbocycles. The van der Waals surface area contributed by atoms with Crippen molar-refractivity contribution in [3.63, 3.8) is 0 Å². The second-order valence-electron chi connectivity index (χ2n) is 3.36. The van der Waals surface area contributed by atoms with Gasteiger partial charge in [-0.1, -0.05) is 6.07 Å². The Bertz CT molecular complexity index is 499. The van der Waals surface area contributed by atoms with Gasteiger partial charge in [0.15, 0.2) is 0 Å². The van der Waals surface area contributed by atoms with Crippen LogP contribution in [0.25, 0.3) is 0 Å². The van der Waals surface area contributed by atoms with Gasteiger partial charge in [-0.3, -0.25) is 0 Å². The van der Waals surface area contributed by atoms with Crippen LogP contribution in [0.1, 0.15) is 0 Å². The Kier molecular flexibility index (Phi) is 3.62. The molecular weight excluding hydrogens is 237 g/mol. The molecule has 2 rings (SSSR count). The number of hydrogen-bond donors (Lipinski definition) is 2. The minimum Gasteiger partial charge on any atom is -0.313 e. The summed E-state index contributed by atoms with van der Waals surface area (Å²) in [5.74, 6) is 0.512. The zero-order valence-corrected chi connectivity index (χ0v) is 9.72. The summed E-state index contributed by atoms with van der Waals surface area (Å²) in [6.07, 6.45) is 1.79. The lowest BCUT2D eigenvalue weighted by atomic mass is 10.3. The zero-order chi connectivity index (χ0) is 12.1. The lowest BCUT2D eigenvalue weighted by molar-refractivity contribution is -0.360. The van der Waals surface area contributed by atoms with E-state index < -0.39 is 0 Å². The molecule has 1 aromatic heterocycles. The summed E-state index contributed by atoms with van der Waals surface area (Å²) >= 11 is 5.11. The van der Waals surface area contributed by atoms with Crippen LogP contribution in [-0.2, 0) is 0 Å². The van der Waals surface area contributed by atoms with E-state index in [1.807, 2.05) is 18.2 Å². The molecule has 0 bridgehead atoms. The largest absolute Gasteiger partial charge is 0.313 e. The van der Waals surface area contributed by atoms with Crippen LogP contribution < -0.4 is 15.6 Å².